The number of carbonyl (C=O) groups is 2. The molecule has 2 aromatic carbocycles. The number of sulfonamides is 1. The summed E-state index contributed by atoms with van der Waals surface area (Å²) in [6.45, 7) is 4.09. The van der Waals surface area contributed by atoms with Crippen molar-refractivity contribution in [1.29, 1.82) is 0 Å². The lowest BCUT2D eigenvalue weighted by Crippen LogP contribution is -2.38. The van der Waals surface area contributed by atoms with Crippen molar-refractivity contribution in [3.05, 3.63) is 59.7 Å². The monoisotopic (exact) mass is 448 g/mol. The molecule has 8 nitrogen and oxygen atoms in total. The zero-order valence-corrected chi connectivity index (χ0v) is 19.0. The van der Waals surface area contributed by atoms with E-state index >= 15 is 0 Å². The van der Waals surface area contributed by atoms with Gasteiger partial charge in [-0.1, -0.05) is 17.7 Å². The molecule has 0 aliphatic rings. The van der Waals surface area contributed by atoms with Gasteiger partial charge in [0.2, 0.25) is 0 Å². The molecular formula is C22H28N2O6S. The number of aryl methyl sites for hydroxylation is 1. The van der Waals surface area contributed by atoms with Gasteiger partial charge >= 0.3 is 5.97 Å². The molecule has 31 heavy (non-hydrogen) atoms. The number of carbonyl (C=O) groups excluding carboxylic acids is 2. The van der Waals surface area contributed by atoms with Gasteiger partial charge in [-0.15, -0.1) is 0 Å². The third-order valence-electron chi connectivity index (χ3n) is 4.64. The Bertz CT molecular complexity index is 988. The topological polar surface area (TPSA) is 93.2 Å². The summed E-state index contributed by atoms with van der Waals surface area (Å²) >= 11 is 0. The Balaban J connectivity index is 2.20. The van der Waals surface area contributed by atoms with Crippen molar-refractivity contribution in [2.24, 2.45) is 0 Å². The largest absolute Gasteiger partial charge is 0.465 e. The van der Waals surface area contributed by atoms with Gasteiger partial charge < -0.3 is 14.4 Å². The van der Waals surface area contributed by atoms with Crippen molar-refractivity contribution in [1.82, 2.24) is 4.90 Å². The number of methoxy groups -OCH3 is 1. The number of hydrogen-bond donors (Lipinski definition) is 0. The molecule has 168 valence electrons. The van der Waals surface area contributed by atoms with Crippen LogP contribution >= 0.6 is 0 Å². The maximum Gasteiger partial charge on any atom is 0.325 e. The van der Waals surface area contributed by atoms with Gasteiger partial charge in [-0.05, 0) is 50.2 Å². The number of anilines is 1. The van der Waals surface area contributed by atoms with Gasteiger partial charge in [0.1, 0.15) is 6.54 Å². The first-order valence-corrected chi connectivity index (χ1v) is 11.2. The zero-order valence-electron chi connectivity index (χ0n) is 18.2. The van der Waals surface area contributed by atoms with Crippen LogP contribution in [0.2, 0.25) is 0 Å². The Labute approximate surface area is 183 Å². The average Bonchev–Trinajstić information content (AvgIpc) is 2.76. The predicted octanol–water partition coefficient (Wildman–Crippen LogP) is 2.47. The fourth-order valence-electron chi connectivity index (χ4n) is 2.82. The van der Waals surface area contributed by atoms with E-state index in [1.807, 2.05) is 6.92 Å². The van der Waals surface area contributed by atoms with E-state index in [-0.39, 0.29) is 37.1 Å². The van der Waals surface area contributed by atoms with Crippen molar-refractivity contribution < 1.29 is 27.5 Å². The summed E-state index contributed by atoms with van der Waals surface area (Å²) in [6, 6.07) is 12.8. The van der Waals surface area contributed by atoms with E-state index in [9.17, 15) is 18.0 Å². The molecular weight excluding hydrogens is 420 g/mol. The van der Waals surface area contributed by atoms with E-state index < -0.39 is 16.0 Å². The van der Waals surface area contributed by atoms with Gasteiger partial charge in [0.15, 0.2) is 0 Å². The van der Waals surface area contributed by atoms with Crippen LogP contribution in [0.5, 0.6) is 0 Å². The Morgan fingerprint density at radius 1 is 1.00 bits per heavy atom. The fraction of sp³-hybridized carbons (Fsp3) is 0.364. The van der Waals surface area contributed by atoms with Crippen LogP contribution in [0.3, 0.4) is 0 Å². The van der Waals surface area contributed by atoms with Gasteiger partial charge in [0, 0.05) is 26.3 Å². The maximum atomic E-state index is 12.9. The zero-order chi connectivity index (χ0) is 23.0. The molecule has 0 saturated carbocycles. The summed E-state index contributed by atoms with van der Waals surface area (Å²) < 4.78 is 36.8. The minimum Gasteiger partial charge on any atom is -0.465 e. The average molecular weight is 449 g/mol. The van der Waals surface area contributed by atoms with Gasteiger partial charge in [-0.3, -0.25) is 13.9 Å². The number of ether oxygens (including phenoxy) is 2. The number of hydrogen-bond acceptors (Lipinski definition) is 6. The number of nitrogens with zero attached hydrogens (tertiary/aromatic N) is 2. The summed E-state index contributed by atoms with van der Waals surface area (Å²) in [6.07, 6.45) is 0. The second-order valence-corrected chi connectivity index (χ2v) is 8.83. The normalized spacial score (nSPS) is 11.1. The van der Waals surface area contributed by atoms with Crippen molar-refractivity contribution in [3.63, 3.8) is 0 Å². The summed E-state index contributed by atoms with van der Waals surface area (Å²) in [5, 5.41) is 0. The van der Waals surface area contributed by atoms with E-state index in [4.69, 9.17) is 9.47 Å². The van der Waals surface area contributed by atoms with Crippen LogP contribution in [0, 0.1) is 6.92 Å². The Hall–Kier alpha value is -2.91. The lowest BCUT2D eigenvalue weighted by molar-refractivity contribution is -0.143. The molecule has 2 rings (SSSR count). The molecule has 0 atom stereocenters. The minimum absolute atomic E-state index is 0.181. The van der Waals surface area contributed by atoms with Crippen molar-refractivity contribution in [2.45, 2.75) is 18.7 Å². The SMILES string of the molecule is CCOC(=O)CN(CCOC)C(=O)c1ccc(N(C)S(=O)(=O)c2ccc(C)cc2)cc1. The number of rotatable bonds is 10. The van der Waals surface area contributed by atoms with E-state index in [1.54, 1.807) is 43.3 Å². The highest BCUT2D eigenvalue weighted by Gasteiger charge is 2.23. The van der Waals surface area contributed by atoms with Crippen LogP contribution in [-0.2, 0) is 24.3 Å². The Morgan fingerprint density at radius 2 is 1.61 bits per heavy atom. The first-order valence-electron chi connectivity index (χ1n) is 9.80. The second-order valence-electron chi connectivity index (χ2n) is 6.86. The van der Waals surface area contributed by atoms with Crippen LogP contribution in [-0.4, -0.2) is 65.7 Å². The molecule has 0 heterocycles. The molecule has 0 aromatic heterocycles. The summed E-state index contributed by atoms with van der Waals surface area (Å²) in [4.78, 5) is 26.2. The Morgan fingerprint density at radius 3 is 2.16 bits per heavy atom. The Kier molecular flexibility index (Phi) is 8.58. The quantitative estimate of drug-likeness (QED) is 0.519. The highest BCUT2D eigenvalue weighted by atomic mass is 32.2. The predicted molar refractivity (Wildman–Crippen MR) is 118 cm³/mol. The van der Waals surface area contributed by atoms with Crippen LogP contribution in [0.15, 0.2) is 53.4 Å². The highest BCUT2D eigenvalue weighted by Crippen LogP contribution is 2.23. The number of amides is 1. The molecule has 0 saturated heterocycles. The lowest BCUT2D eigenvalue weighted by Gasteiger charge is -2.22. The van der Waals surface area contributed by atoms with E-state index in [0.717, 1.165) is 9.87 Å². The fourth-order valence-corrected chi connectivity index (χ4v) is 4.02. The smallest absolute Gasteiger partial charge is 0.325 e. The van der Waals surface area contributed by atoms with Gasteiger partial charge in [0.25, 0.3) is 15.9 Å². The molecule has 0 unspecified atom stereocenters. The lowest BCUT2D eigenvalue weighted by atomic mass is 10.2. The van der Waals surface area contributed by atoms with Crippen LogP contribution in [0.1, 0.15) is 22.8 Å². The molecule has 9 heteroatoms. The molecule has 1 amide bonds. The summed E-state index contributed by atoms with van der Waals surface area (Å²) in [7, 11) is -0.770. The standard InChI is InChI=1S/C22H28N2O6S/c1-5-30-21(25)16-24(14-15-29-4)22(26)18-8-10-19(11-9-18)23(3)31(27,28)20-12-6-17(2)7-13-20/h6-13H,5,14-16H2,1-4H3. The summed E-state index contributed by atoms with van der Waals surface area (Å²) in [5.74, 6) is -0.881. The molecule has 0 spiro atoms. The molecule has 0 aliphatic heterocycles. The molecule has 0 N–H and O–H groups in total. The number of esters is 1. The maximum absolute atomic E-state index is 12.9. The highest BCUT2D eigenvalue weighted by molar-refractivity contribution is 7.92. The second kappa shape index (κ2) is 10.9. The van der Waals surface area contributed by atoms with E-state index in [0.29, 0.717) is 11.3 Å². The van der Waals surface area contributed by atoms with E-state index in [2.05, 4.69) is 0 Å². The van der Waals surface area contributed by atoms with Gasteiger partial charge in [-0.25, -0.2) is 8.42 Å². The van der Waals surface area contributed by atoms with Crippen molar-refractivity contribution in [2.75, 3.05) is 44.8 Å². The number of benzene rings is 2. The third-order valence-corrected chi connectivity index (χ3v) is 6.43. The molecule has 0 aliphatic carbocycles. The third kappa shape index (κ3) is 6.28. The van der Waals surface area contributed by atoms with E-state index in [1.165, 1.54) is 31.2 Å². The van der Waals surface area contributed by atoms with Gasteiger partial charge in [0.05, 0.1) is 23.8 Å². The first-order chi connectivity index (χ1) is 14.7. The van der Waals surface area contributed by atoms with Crippen LogP contribution < -0.4 is 4.31 Å². The molecule has 0 bridgehead atoms. The van der Waals surface area contributed by atoms with Crippen LogP contribution in [0.4, 0.5) is 5.69 Å². The minimum atomic E-state index is -3.73. The molecule has 2 aromatic rings. The van der Waals surface area contributed by atoms with Crippen molar-refractivity contribution >= 4 is 27.6 Å². The molecule has 0 fully saturated rings. The first kappa shape index (κ1) is 24.4. The molecule has 0 radical (unpaired) electrons. The summed E-state index contributed by atoms with van der Waals surface area (Å²) in [5.41, 5.74) is 1.70. The van der Waals surface area contributed by atoms with Crippen LogP contribution in [0.25, 0.3) is 0 Å². The van der Waals surface area contributed by atoms with Gasteiger partial charge in [-0.2, -0.15) is 0 Å². The van der Waals surface area contributed by atoms with Crippen molar-refractivity contribution in [3.8, 4) is 0 Å².